The number of amides is 1. The maximum atomic E-state index is 12.0. The van der Waals surface area contributed by atoms with E-state index < -0.39 is 18.0 Å². The van der Waals surface area contributed by atoms with Crippen LogP contribution in [0.5, 0.6) is 0 Å². The zero-order chi connectivity index (χ0) is 19.9. The van der Waals surface area contributed by atoms with Crippen molar-refractivity contribution in [2.75, 3.05) is 37.6 Å². The number of carbonyl (C=O) groups is 2. The molecule has 2 aromatic rings. The van der Waals surface area contributed by atoms with E-state index in [0.29, 0.717) is 5.56 Å². The molecule has 9 heteroatoms. The van der Waals surface area contributed by atoms with E-state index in [2.05, 4.69) is 25.1 Å². The summed E-state index contributed by atoms with van der Waals surface area (Å²) in [6.07, 6.45) is 1.89. The number of anilines is 1. The van der Waals surface area contributed by atoms with Crippen molar-refractivity contribution in [3.05, 3.63) is 54.1 Å². The predicted octanol–water partition coefficient (Wildman–Crippen LogP) is -0.0259. The third-order valence-electron chi connectivity index (χ3n) is 4.59. The molecule has 3 N–H and O–H groups in total. The van der Waals surface area contributed by atoms with Gasteiger partial charge in [-0.15, -0.1) is 0 Å². The van der Waals surface area contributed by atoms with Gasteiger partial charge in [0, 0.05) is 49.8 Å². The van der Waals surface area contributed by atoms with E-state index in [1.165, 1.54) is 0 Å². The number of hydrogen-bond donors (Lipinski definition) is 3. The van der Waals surface area contributed by atoms with Crippen LogP contribution in [0, 0.1) is 0 Å². The summed E-state index contributed by atoms with van der Waals surface area (Å²) in [6, 6.07) is 8.95. The van der Waals surface area contributed by atoms with Gasteiger partial charge in [-0.05, 0) is 30.3 Å². The molecule has 1 aromatic carbocycles. The zero-order valence-electron chi connectivity index (χ0n) is 15.4. The number of rotatable bonds is 7. The highest BCUT2D eigenvalue weighted by molar-refractivity contribution is 5.94. The van der Waals surface area contributed by atoms with E-state index >= 15 is 0 Å². The molecule has 1 unspecified atom stereocenters. The van der Waals surface area contributed by atoms with Gasteiger partial charge in [-0.1, -0.05) is 0 Å². The number of carboxylic acids is 1. The van der Waals surface area contributed by atoms with Crippen LogP contribution < -0.4 is 10.2 Å². The molecule has 0 spiro atoms. The van der Waals surface area contributed by atoms with Crippen LogP contribution in [0.25, 0.3) is 0 Å². The average molecular weight is 385 g/mol. The lowest BCUT2D eigenvalue weighted by molar-refractivity contribution is -0.146. The van der Waals surface area contributed by atoms with Crippen LogP contribution in [-0.2, 0) is 11.3 Å². The fourth-order valence-corrected chi connectivity index (χ4v) is 2.98. The Kier molecular flexibility index (Phi) is 6.51. The van der Waals surface area contributed by atoms with Gasteiger partial charge in [0.1, 0.15) is 5.82 Å². The number of aromatic nitrogens is 2. The Hall–Kier alpha value is -3.04. The molecule has 0 saturated carbocycles. The summed E-state index contributed by atoms with van der Waals surface area (Å²) in [6.45, 7) is 3.92. The second-order valence-electron chi connectivity index (χ2n) is 6.54. The number of nitrogens with zero attached hydrogens (tertiary/aromatic N) is 4. The minimum atomic E-state index is -1.61. The fourth-order valence-electron chi connectivity index (χ4n) is 2.98. The van der Waals surface area contributed by atoms with Crippen LogP contribution in [0.2, 0.25) is 0 Å². The number of benzene rings is 1. The van der Waals surface area contributed by atoms with Crippen molar-refractivity contribution in [2.24, 2.45) is 0 Å². The van der Waals surface area contributed by atoms with Crippen LogP contribution in [0.15, 0.2) is 42.7 Å². The van der Waals surface area contributed by atoms with E-state index in [4.69, 9.17) is 5.11 Å². The van der Waals surface area contributed by atoms with Gasteiger partial charge in [0.05, 0.1) is 13.1 Å². The Labute approximate surface area is 162 Å². The van der Waals surface area contributed by atoms with E-state index in [0.717, 1.165) is 44.2 Å². The molecule has 28 heavy (non-hydrogen) atoms. The lowest BCUT2D eigenvalue weighted by Crippen LogP contribution is -2.46. The zero-order valence-corrected chi connectivity index (χ0v) is 15.4. The van der Waals surface area contributed by atoms with E-state index in [1.807, 2.05) is 12.1 Å². The smallest absolute Gasteiger partial charge is 0.334 e. The van der Waals surface area contributed by atoms with Crippen molar-refractivity contribution in [2.45, 2.75) is 12.6 Å². The van der Waals surface area contributed by atoms with Crippen LogP contribution >= 0.6 is 0 Å². The predicted molar refractivity (Wildman–Crippen MR) is 102 cm³/mol. The molecule has 0 bridgehead atoms. The molecule has 1 aliphatic heterocycles. The highest BCUT2D eigenvalue weighted by Crippen LogP contribution is 2.18. The molecule has 1 aliphatic rings. The molecular formula is C19H23N5O4. The molecule has 148 valence electrons. The van der Waals surface area contributed by atoms with Crippen LogP contribution in [0.4, 0.5) is 5.69 Å². The number of carbonyl (C=O) groups excluding carboxylic acids is 1. The summed E-state index contributed by atoms with van der Waals surface area (Å²) in [5, 5.41) is 20.3. The summed E-state index contributed by atoms with van der Waals surface area (Å²) in [5.74, 6) is -0.965. The highest BCUT2D eigenvalue weighted by atomic mass is 16.4. The maximum absolute atomic E-state index is 12.0. The monoisotopic (exact) mass is 385 g/mol. The van der Waals surface area contributed by atoms with Gasteiger partial charge in [0.2, 0.25) is 0 Å². The molecule has 1 aromatic heterocycles. The van der Waals surface area contributed by atoms with Gasteiger partial charge in [-0.25, -0.2) is 14.8 Å². The quantitative estimate of drug-likeness (QED) is 0.608. The van der Waals surface area contributed by atoms with Crippen molar-refractivity contribution in [1.82, 2.24) is 20.2 Å². The molecule has 1 atom stereocenters. The van der Waals surface area contributed by atoms with Crippen molar-refractivity contribution in [3.63, 3.8) is 0 Å². The van der Waals surface area contributed by atoms with E-state index in [1.54, 1.807) is 30.6 Å². The van der Waals surface area contributed by atoms with Gasteiger partial charge in [-0.3, -0.25) is 9.69 Å². The minimum absolute atomic E-state index is 0.330. The number of nitrogens with one attached hydrogen (secondary N) is 1. The molecule has 0 radical (unpaired) electrons. The number of hydrogen-bond acceptors (Lipinski definition) is 7. The molecule has 1 amide bonds. The minimum Gasteiger partial charge on any atom is -0.479 e. The summed E-state index contributed by atoms with van der Waals surface area (Å²) in [4.78, 5) is 35.7. The third kappa shape index (κ3) is 5.24. The molecule has 9 nitrogen and oxygen atoms in total. The Morgan fingerprint density at radius 3 is 2.32 bits per heavy atom. The van der Waals surface area contributed by atoms with Crippen LogP contribution in [-0.4, -0.2) is 75.8 Å². The van der Waals surface area contributed by atoms with E-state index in [-0.39, 0.29) is 6.54 Å². The van der Waals surface area contributed by atoms with Crippen LogP contribution in [0.1, 0.15) is 16.2 Å². The highest BCUT2D eigenvalue weighted by Gasteiger charge is 2.19. The number of aliphatic hydroxyl groups is 1. The van der Waals surface area contributed by atoms with Gasteiger partial charge in [0.15, 0.2) is 6.10 Å². The Balaban J connectivity index is 1.49. The second-order valence-corrected chi connectivity index (χ2v) is 6.54. The van der Waals surface area contributed by atoms with Crippen molar-refractivity contribution in [1.29, 1.82) is 0 Å². The van der Waals surface area contributed by atoms with Gasteiger partial charge >= 0.3 is 5.97 Å². The van der Waals surface area contributed by atoms with E-state index in [9.17, 15) is 14.7 Å². The molecular weight excluding hydrogens is 362 g/mol. The Morgan fingerprint density at radius 1 is 1.07 bits per heavy atom. The molecule has 2 heterocycles. The number of aliphatic hydroxyl groups excluding tert-OH is 1. The fraction of sp³-hybridized carbons (Fsp3) is 0.368. The lowest BCUT2D eigenvalue weighted by atomic mass is 10.1. The SMILES string of the molecule is O=C(NCC(O)C(=O)O)c1ccc(N2CCN(Cc3ncccn3)CC2)cc1. The number of aliphatic carboxylic acids is 1. The summed E-state index contributed by atoms with van der Waals surface area (Å²) in [7, 11) is 0. The molecule has 3 rings (SSSR count). The first-order valence-corrected chi connectivity index (χ1v) is 9.05. The summed E-state index contributed by atoms with van der Waals surface area (Å²) >= 11 is 0. The number of piperazine rings is 1. The van der Waals surface area contributed by atoms with Crippen molar-refractivity contribution in [3.8, 4) is 0 Å². The molecule has 0 aliphatic carbocycles. The standard InChI is InChI=1S/C19H23N5O4/c25-16(19(27)28)12-22-18(26)14-2-4-15(5-3-14)24-10-8-23(9-11-24)13-17-20-6-1-7-21-17/h1-7,16,25H,8-13H2,(H,22,26)(H,27,28). The second kappa shape index (κ2) is 9.25. The van der Waals surface area contributed by atoms with Gasteiger partial charge in [0.25, 0.3) is 5.91 Å². The average Bonchev–Trinajstić information content (AvgIpc) is 2.73. The normalized spacial score (nSPS) is 15.8. The topological polar surface area (TPSA) is 119 Å². The third-order valence-corrected chi connectivity index (χ3v) is 4.59. The summed E-state index contributed by atoms with van der Waals surface area (Å²) in [5.41, 5.74) is 1.44. The lowest BCUT2D eigenvalue weighted by Gasteiger charge is -2.35. The van der Waals surface area contributed by atoms with Gasteiger partial charge < -0.3 is 20.4 Å². The summed E-state index contributed by atoms with van der Waals surface area (Å²) < 4.78 is 0. The Morgan fingerprint density at radius 2 is 1.71 bits per heavy atom. The Bertz CT molecular complexity index is 792. The first kappa shape index (κ1) is 19.7. The molecule has 1 fully saturated rings. The first-order valence-electron chi connectivity index (χ1n) is 9.05. The number of carboxylic acid groups (broad SMARTS) is 1. The van der Waals surface area contributed by atoms with Crippen LogP contribution in [0.3, 0.4) is 0 Å². The maximum Gasteiger partial charge on any atom is 0.334 e. The van der Waals surface area contributed by atoms with Crippen molar-refractivity contribution < 1.29 is 19.8 Å². The van der Waals surface area contributed by atoms with Crippen molar-refractivity contribution >= 4 is 17.6 Å². The molecule has 1 saturated heterocycles. The van der Waals surface area contributed by atoms with Gasteiger partial charge in [-0.2, -0.15) is 0 Å². The largest absolute Gasteiger partial charge is 0.479 e. The first-order chi connectivity index (χ1) is 13.5.